The number of hydrogen-bond donors (Lipinski definition) is 2. The summed E-state index contributed by atoms with van der Waals surface area (Å²) in [6, 6.07) is 0. The van der Waals surface area contributed by atoms with Gasteiger partial charge in [0, 0.05) is 45.9 Å². The maximum absolute atomic E-state index is 12.3. The Labute approximate surface area is 171 Å². The predicted molar refractivity (Wildman–Crippen MR) is 115 cm³/mol. The summed E-state index contributed by atoms with van der Waals surface area (Å²) in [7, 11) is 0. The summed E-state index contributed by atoms with van der Waals surface area (Å²) < 4.78 is 11.1. The molecule has 1 fully saturated rings. The van der Waals surface area contributed by atoms with E-state index in [4.69, 9.17) is 14.5 Å². The van der Waals surface area contributed by atoms with Gasteiger partial charge in [0.05, 0.1) is 0 Å². The van der Waals surface area contributed by atoms with Gasteiger partial charge in [-0.25, -0.2) is 4.79 Å². The summed E-state index contributed by atoms with van der Waals surface area (Å²) in [6.07, 6.45) is 2.82. The molecule has 1 atom stereocenters. The van der Waals surface area contributed by atoms with Gasteiger partial charge in [-0.15, -0.1) is 0 Å². The van der Waals surface area contributed by atoms with Crippen molar-refractivity contribution >= 4 is 12.1 Å². The molecule has 7 nitrogen and oxygen atoms in total. The SMILES string of the molecule is CCNC(=NCC1CCCN(C(=O)OC(C)(C)C)C1)NCCCOCC(C)C. The minimum Gasteiger partial charge on any atom is -0.444 e. The van der Waals surface area contributed by atoms with Crippen LogP contribution in [0.1, 0.15) is 60.8 Å². The number of rotatable bonds is 9. The zero-order chi connectivity index (χ0) is 21.0. The monoisotopic (exact) mass is 398 g/mol. The van der Waals surface area contributed by atoms with Gasteiger partial charge in [0.25, 0.3) is 0 Å². The van der Waals surface area contributed by atoms with Gasteiger partial charge in [0.15, 0.2) is 5.96 Å². The molecule has 1 amide bonds. The lowest BCUT2D eigenvalue weighted by molar-refractivity contribution is 0.0170. The Morgan fingerprint density at radius 3 is 2.68 bits per heavy atom. The van der Waals surface area contributed by atoms with Gasteiger partial charge in [-0.05, 0) is 58.8 Å². The second-order valence-corrected chi connectivity index (χ2v) is 8.90. The average Bonchev–Trinajstić information content (AvgIpc) is 2.61. The summed E-state index contributed by atoms with van der Waals surface area (Å²) >= 11 is 0. The highest BCUT2D eigenvalue weighted by Crippen LogP contribution is 2.19. The molecule has 0 aromatic heterocycles. The van der Waals surface area contributed by atoms with Crippen LogP contribution in [0.15, 0.2) is 4.99 Å². The highest BCUT2D eigenvalue weighted by Gasteiger charge is 2.27. The number of carbonyl (C=O) groups excluding carboxylic acids is 1. The van der Waals surface area contributed by atoms with Crippen LogP contribution in [0.5, 0.6) is 0 Å². The lowest BCUT2D eigenvalue weighted by atomic mass is 9.98. The van der Waals surface area contributed by atoms with E-state index < -0.39 is 5.60 Å². The van der Waals surface area contributed by atoms with E-state index in [0.717, 1.165) is 58.1 Å². The van der Waals surface area contributed by atoms with Gasteiger partial charge in [-0.2, -0.15) is 0 Å². The molecule has 1 rings (SSSR count). The van der Waals surface area contributed by atoms with Crippen molar-refractivity contribution in [1.29, 1.82) is 0 Å². The summed E-state index contributed by atoms with van der Waals surface area (Å²) in [6.45, 7) is 17.5. The predicted octanol–water partition coefficient (Wildman–Crippen LogP) is 3.25. The first-order valence-corrected chi connectivity index (χ1v) is 10.8. The third kappa shape index (κ3) is 11.4. The van der Waals surface area contributed by atoms with Gasteiger partial charge in [0.2, 0.25) is 0 Å². The first kappa shape index (κ1) is 24.5. The Morgan fingerprint density at radius 2 is 2.04 bits per heavy atom. The molecule has 2 N–H and O–H groups in total. The lowest BCUT2D eigenvalue weighted by Crippen LogP contribution is -2.44. The smallest absolute Gasteiger partial charge is 0.410 e. The van der Waals surface area contributed by atoms with E-state index in [1.54, 1.807) is 0 Å². The maximum Gasteiger partial charge on any atom is 0.410 e. The van der Waals surface area contributed by atoms with Crippen LogP contribution in [-0.2, 0) is 9.47 Å². The third-order valence-corrected chi connectivity index (χ3v) is 4.23. The average molecular weight is 399 g/mol. The standard InChI is InChI=1S/C21H42N4O3/c1-7-22-19(23-11-9-13-27-16-17(2)3)24-14-18-10-8-12-25(15-18)20(26)28-21(4,5)6/h17-18H,7-16H2,1-6H3,(H2,22,23,24). The topological polar surface area (TPSA) is 75.2 Å². The number of ether oxygens (including phenoxy) is 2. The van der Waals surface area contributed by atoms with Crippen molar-refractivity contribution in [3.63, 3.8) is 0 Å². The molecule has 0 aliphatic carbocycles. The third-order valence-electron chi connectivity index (χ3n) is 4.23. The van der Waals surface area contributed by atoms with Crippen LogP contribution in [-0.4, -0.2) is 68.5 Å². The summed E-state index contributed by atoms with van der Waals surface area (Å²) in [5, 5.41) is 6.66. The molecule has 1 heterocycles. The van der Waals surface area contributed by atoms with Crippen LogP contribution >= 0.6 is 0 Å². The Kier molecular flexibility index (Phi) is 11.3. The zero-order valence-corrected chi connectivity index (χ0v) is 18.8. The van der Waals surface area contributed by atoms with Crippen molar-refractivity contribution in [2.24, 2.45) is 16.8 Å². The van der Waals surface area contributed by atoms with Crippen molar-refractivity contribution in [3.8, 4) is 0 Å². The molecule has 0 spiro atoms. The van der Waals surface area contributed by atoms with Gasteiger partial charge < -0.3 is 25.0 Å². The number of nitrogens with zero attached hydrogens (tertiary/aromatic N) is 2. The molecular formula is C21H42N4O3. The molecular weight excluding hydrogens is 356 g/mol. The van der Waals surface area contributed by atoms with E-state index >= 15 is 0 Å². The summed E-state index contributed by atoms with van der Waals surface area (Å²) in [5.74, 6) is 1.77. The molecule has 0 bridgehead atoms. The number of aliphatic imine (C=N–C) groups is 1. The number of hydrogen-bond acceptors (Lipinski definition) is 4. The van der Waals surface area contributed by atoms with Crippen molar-refractivity contribution < 1.29 is 14.3 Å². The Bertz CT molecular complexity index is 475. The molecule has 164 valence electrons. The fraction of sp³-hybridized carbons (Fsp3) is 0.905. The Balaban J connectivity index is 2.40. The fourth-order valence-electron chi connectivity index (χ4n) is 2.97. The first-order chi connectivity index (χ1) is 13.2. The first-order valence-electron chi connectivity index (χ1n) is 10.8. The van der Waals surface area contributed by atoms with E-state index in [0.29, 0.717) is 24.9 Å². The van der Waals surface area contributed by atoms with E-state index in [2.05, 4.69) is 31.4 Å². The van der Waals surface area contributed by atoms with Crippen LogP contribution in [0.4, 0.5) is 4.79 Å². The van der Waals surface area contributed by atoms with Gasteiger partial charge in [-0.3, -0.25) is 4.99 Å². The van der Waals surface area contributed by atoms with E-state index in [1.807, 2.05) is 25.7 Å². The lowest BCUT2D eigenvalue weighted by Gasteiger charge is -2.33. The van der Waals surface area contributed by atoms with Crippen molar-refractivity contribution in [2.75, 3.05) is 45.9 Å². The Morgan fingerprint density at radius 1 is 1.29 bits per heavy atom. The van der Waals surface area contributed by atoms with Crippen molar-refractivity contribution in [1.82, 2.24) is 15.5 Å². The zero-order valence-electron chi connectivity index (χ0n) is 18.8. The number of nitrogens with one attached hydrogen (secondary N) is 2. The quantitative estimate of drug-likeness (QED) is 0.354. The number of carbonyl (C=O) groups is 1. The van der Waals surface area contributed by atoms with Crippen molar-refractivity contribution in [2.45, 2.75) is 66.4 Å². The van der Waals surface area contributed by atoms with E-state index in [9.17, 15) is 4.79 Å². The molecule has 0 radical (unpaired) electrons. The van der Waals surface area contributed by atoms with Crippen LogP contribution in [0.2, 0.25) is 0 Å². The molecule has 1 saturated heterocycles. The number of guanidine groups is 1. The molecule has 0 aromatic rings. The number of piperidine rings is 1. The normalized spacial score (nSPS) is 18.3. The highest BCUT2D eigenvalue weighted by atomic mass is 16.6. The van der Waals surface area contributed by atoms with Crippen LogP contribution < -0.4 is 10.6 Å². The molecule has 0 saturated carbocycles. The molecule has 1 aliphatic heterocycles. The fourth-order valence-corrected chi connectivity index (χ4v) is 2.97. The second-order valence-electron chi connectivity index (χ2n) is 8.90. The van der Waals surface area contributed by atoms with E-state index in [-0.39, 0.29) is 6.09 Å². The van der Waals surface area contributed by atoms with Gasteiger partial charge >= 0.3 is 6.09 Å². The Hall–Kier alpha value is -1.50. The minimum atomic E-state index is -0.455. The largest absolute Gasteiger partial charge is 0.444 e. The van der Waals surface area contributed by atoms with E-state index in [1.165, 1.54) is 0 Å². The van der Waals surface area contributed by atoms with Crippen LogP contribution in [0.3, 0.4) is 0 Å². The summed E-state index contributed by atoms with van der Waals surface area (Å²) in [5.41, 5.74) is -0.455. The second kappa shape index (κ2) is 12.9. The molecule has 0 aromatic carbocycles. The highest BCUT2D eigenvalue weighted by molar-refractivity contribution is 5.79. The summed E-state index contributed by atoms with van der Waals surface area (Å²) in [4.78, 5) is 18.8. The van der Waals surface area contributed by atoms with Gasteiger partial charge in [-0.1, -0.05) is 13.8 Å². The molecule has 1 aliphatic rings. The number of likely N-dealkylation sites (tertiary alicyclic amines) is 1. The minimum absolute atomic E-state index is 0.215. The van der Waals surface area contributed by atoms with Crippen molar-refractivity contribution in [3.05, 3.63) is 0 Å². The van der Waals surface area contributed by atoms with Crippen LogP contribution in [0.25, 0.3) is 0 Å². The van der Waals surface area contributed by atoms with Crippen LogP contribution in [0, 0.1) is 11.8 Å². The molecule has 7 heteroatoms. The molecule has 28 heavy (non-hydrogen) atoms. The number of amides is 1. The van der Waals surface area contributed by atoms with Gasteiger partial charge in [0.1, 0.15) is 5.60 Å². The maximum atomic E-state index is 12.3. The molecule has 1 unspecified atom stereocenters.